The number of hydrogen-bond acceptors (Lipinski definition) is 3. The second kappa shape index (κ2) is 5.03. The molecule has 3 N–H and O–H groups in total. The van der Waals surface area contributed by atoms with Crippen molar-refractivity contribution in [1.29, 1.82) is 0 Å². The standard InChI is InChI=1S/C12H17FN2O2/c1-12(2,3)15-11(16)7-17-10-6-8(13)4-5-9(10)14/h4-6H,7,14H2,1-3H3,(H,15,16). The molecule has 0 saturated heterocycles. The number of nitrogens with two attached hydrogens (primary N) is 1. The Labute approximate surface area is 100.0 Å². The summed E-state index contributed by atoms with van der Waals surface area (Å²) in [5, 5.41) is 2.72. The maximum atomic E-state index is 12.9. The minimum absolute atomic E-state index is 0.175. The lowest BCUT2D eigenvalue weighted by atomic mass is 10.1. The van der Waals surface area contributed by atoms with Crippen LogP contribution in [-0.4, -0.2) is 18.1 Å². The van der Waals surface area contributed by atoms with Gasteiger partial charge in [0.2, 0.25) is 0 Å². The van der Waals surface area contributed by atoms with Crippen LogP contribution >= 0.6 is 0 Å². The van der Waals surface area contributed by atoms with Crippen LogP contribution in [0.15, 0.2) is 18.2 Å². The zero-order valence-electron chi connectivity index (χ0n) is 10.2. The fourth-order valence-electron chi connectivity index (χ4n) is 1.23. The van der Waals surface area contributed by atoms with E-state index in [0.717, 1.165) is 6.07 Å². The molecule has 1 aromatic carbocycles. The van der Waals surface area contributed by atoms with Crippen molar-refractivity contribution in [3.8, 4) is 5.75 Å². The van der Waals surface area contributed by atoms with Gasteiger partial charge in [-0.1, -0.05) is 0 Å². The Balaban J connectivity index is 2.56. The summed E-state index contributed by atoms with van der Waals surface area (Å²) in [5.41, 5.74) is 5.55. The molecule has 0 radical (unpaired) electrons. The first-order valence-corrected chi connectivity index (χ1v) is 5.27. The second-order valence-electron chi connectivity index (χ2n) is 4.77. The first kappa shape index (κ1) is 13.3. The van der Waals surface area contributed by atoms with E-state index in [2.05, 4.69) is 5.32 Å². The van der Waals surface area contributed by atoms with Gasteiger partial charge >= 0.3 is 0 Å². The molecule has 17 heavy (non-hydrogen) atoms. The quantitative estimate of drug-likeness (QED) is 0.790. The van der Waals surface area contributed by atoms with Crippen LogP contribution in [0.2, 0.25) is 0 Å². The van der Waals surface area contributed by atoms with E-state index in [9.17, 15) is 9.18 Å². The normalized spacial score (nSPS) is 11.1. The van der Waals surface area contributed by atoms with Crippen LogP contribution in [0.3, 0.4) is 0 Å². The lowest BCUT2D eigenvalue weighted by Gasteiger charge is -2.20. The Morgan fingerprint density at radius 3 is 2.71 bits per heavy atom. The van der Waals surface area contributed by atoms with Crippen molar-refractivity contribution < 1.29 is 13.9 Å². The number of hydrogen-bond donors (Lipinski definition) is 2. The number of anilines is 1. The van der Waals surface area contributed by atoms with Gasteiger partial charge in [0.1, 0.15) is 11.6 Å². The Morgan fingerprint density at radius 1 is 1.47 bits per heavy atom. The molecule has 0 aliphatic carbocycles. The lowest BCUT2D eigenvalue weighted by molar-refractivity contribution is -0.124. The largest absolute Gasteiger partial charge is 0.482 e. The van der Waals surface area contributed by atoms with E-state index in [-0.39, 0.29) is 23.8 Å². The number of nitrogens with one attached hydrogen (secondary N) is 1. The topological polar surface area (TPSA) is 64.3 Å². The number of carbonyl (C=O) groups is 1. The predicted octanol–water partition coefficient (Wildman–Crippen LogP) is 1.70. The number of rotatable bonds is 3. The molecule has 4 nitrogen and oxygen atoms in total. The van der Waals surface area contributed by atoms with Gasteiger partial charge < -0.3 is 15.8 Å². The third-order valence-corrected chi connectivity index (χ3v) is 1.85. The van der Waals surface area contributed by atoms with Crippen LogP contribution < -0.4 is 15.8 Å². The van der Waals surface area contributed by atoms with Gasteiger partial charge in [-0.05, 0) is 32.9 Å². The summed E-state index contributed by atoms with van der Waals surface area (Å²) in [6, 6.07) is 3.78. The van der Waals surface area contributed by atoms with E-state index < -0.39 is 5.82 Å². The molecule has 0 spiro atoms. The van der Waals surface area contributed by atoms with E-state index in [0.29, 0.717) is 5.69 Å². The summed E-state index contributed by atoms with van der Waals surface area (Å²) >= 11 is 0. The first-order chi connectivity index (χ1) is 7.78. The van der Waals surface area contributed by atoms with Gasteiger partial charge in [0, 0.05) is 11.6 Å². The average molecular weight is 240 g/mol. The summed E-state index contributed by atoms with van der Waals surface area (Å²) in [4.78, 5) is 11.5. The summed E-state index contributed by atoms with van der Waals surface area (Å²) < 4.78 is 18.1. The Hall–Kier alpha value is -1.78. The number of carbonyl (C=O) groups excluding carboxylic acids is 1. The molecule has 0 aromatic heterocycles. The number of amides is 1. The van der Waals surface area contributed by atoms with Crippen LogP contribution in [0, 0.1) is 5.82 Å². The third kappa shape index (κ3) is 4.72. The molecule has 1 amide bonds. The maximum absolute atomic E-state index is 12.9. The van der Waals surface area contributed by atoms with E-state index in [1.807, 2.05) is 20.8 Å². The molecule has 0 heterocycles. The molecular formula is C12H17FN2O2. The van der Waals surface area contributed by atoms with E-state index >= 15 is 0 Å². The Morgan fingerprint density at radius 2 is 2.12 bits per heavy atom. The van der Waals surface area contributed by atoms with Crippen molar-refractivity contribution in [1.82, 2.24) is 5.32 Å². The predicted molar refractivity (Wildman–Crippen MR) is 64.2 cm³/mol. The molecule has 94 valence electrons. The van der Waals surface area contributed by atoms with Crippen LogP contribution in [0.4, 0.5) is 10.1 Å². The van der Waals surface area contributed by atoms with E-state index in [1.54, 1.807) is 0 Å². The first-order valence-electron chi connectivity index (χ1n) is 5.27. The smallest absolute Gasteiger partial charge is 0.258 e. The molecule has 5 heteroatoms. The Kier molecular flexibility index (Phi) is 3.93. The summed E-state index contributed by atoms with van der Waals surface area (Å²) in [7, 11) is 0. The molecule has 0 aliphatic rings. The second-order valence-corrected chi connectivity index (χ2v) is 4.77. The minimum Gasteiger partial charge on any atom is -0.482 e. The van der Waals surface area contributed by atoms with Gasteiger partial charge in [0.05, 0.1) is 5.69 Å². The molecule has 0 fully saturated rings. The monoisotopic (exact) mass is 240 g/mol. The molecule has 1 aromatic rings. The van der Waals surface area contributed by atoms with Crippen molar-refractivity contribution in [2.24, 2.45) is 0 Å². The van der Waals surface area contributed by atoms with Crippen LogP contribution in [-0.2, 0) is 4.79 Å². The number of benzene rings is 1. The van der Waals surface area contributed by atoms with Crippen LogP contribution in [0.5, 0.6) is 5.75 Å². The summed E-state index contributed by atoms with van der Waals surface area (Å²) in [6.45, 7) is 5.40. The fraction of sp³-hybridized carbons (Fsp3) is 0.417. The van der Waals surface area contributed by atoms with Crippen molar-refractivity contribution in [2.75, 3.05) is 12.3 Å². The molecule has 1 rings (SSSR count). The summed E-state index contributed by atoms with van der Waals surface area (Å²) in [5.74, 6) is -0.555. The van der Waals surface area contributed by atoms with Gasteiger partial charge in [-0.3, -0.25) is 4.79 Å². The van der Waals surface area contributed by atoms with E-state index in [4.69, 9.17) is 10.5 Å². The molecule has 0 unspecified atom stereocenters. The van der Waals surface area contributed by atoms with Gasteiger partial charge in [-0.2, -0.15) is 0 Å². The SMILES string of the molecule is CC(C)(C)NC(=O)COc1cc(F)ccc1N. The van der Waals surface area contributed by atoms with Crippen LogP contribution in [0.25, 0.3) is 0 Å². The van der Waals surface area contributed by atoms with Crippen molar-refractivity contribution in [3.05, 3.63) is 24.0 Å². The minimum atomic E-state index is -0.453. The van der Waals surface area contributed by atoms with Crippen molar-refractivity contribution in [2.45, 2.75) is 26.3 Å². The third-order valence-electron chi connectivity index (χ3n) is 1.85. The maximum Gasteiger partial charge on any atom is 0.258 e. The van der Waals surface area contributed by atoms with Gasteiger partial charge in [0.25, 0.3) is 5.91 Å². The van der Waals surface area contributed by atoms with Crippen molar-refractivity contribution in [3.63, 3.8) is 0 Å². The molecule has 0 aliphatic heterocycles. The van der Waals surface area contributed by atoms with Gasteiger partial charge in [-0.25, -0.2) is 4.39 Å². The molecular weight excluding hydrogens is 223 g/mol. The zero-order valence-corrected chi connectivity index (χ0v) is 10.2. The van der Waals surface area contributed by atoms with Crippen molar-refractivity contribution >= 4 is 11.6 Å². The number of halogens is 1. The molecule has 0 bridgehead atoms. The molecule has 0 saturated carbocycles. The van der Waals surface area contributed by atoms with Crippen LogP contribution in [0.1, 0.15) is 20.8 Å². The van der Waals surface area contributed by atoms with Gasteiger partial charge in [-0.15, -0.1) is 0 Å². The highest BCUT2D eigenvalue weighted by molar-refractivity contribution is 5.78. The average Bonchev–Trinajstić information content (AvgIpc) is 2.17. The summed E-state index contributed by atoms with van der Waals surface area (Å²) in [6.07, 6.45) is 0. The highest BCUT2D eigenvalue weighted by Crippen LogP contribution is 2.21. The molecule has 0 atom stereocenters. The Bertz CT molecular complexity index is 413. The zero-order chi connectivity index (χ0) is 13.1. The number of ether oxygens (including phenoxy) is 1. The van der Waals surface area contributed by atoms with Gasteiger partial charge in [0.15, 0.2) is 6.61 Å². The highest BCUT2D eigenvalue weighted by Gasteiger charge is 2.14. The highest BCUT2D eigenvalue weighted by atomic mass is 19.1. The fourth-order valence-corrected chi connectivity index (χ4v) is 1.23. The lowest BCUT2D eigenvalue weighted by Crippen LogP contribution is -2.43. The van der Waals surface area contributed by atoms with E-state index in [1.165, 1.54) is 12.1 Å². The number of nitrogen functional groups attached to an aromatic ring is 1.